The van der Waals surface area contributed by atoms with Gasteiger partial charge in [-0.05, 0) is 29.2 Å². The van der Waals surface area contributed by atoms with E-state index < -0.39 is 0 Å². The van der Waals surface area contributed by atoms with Crippen LogP contribution in [0.15, 0.2) is 84.9 Å². The summed E-state index contributed by atoms with van der Waals surface area (Å²) < 4.78 is 0. The van der Waals surface area contributed by atoms with Crippen LogP contribution in [0.2, 0.25) is 0 Å². The van der Waals surface area contributed by atoms with Crippen LogP contribution < -0.4 is 5.32 Å². The van der Waals surface area contributed by atoms with E-state index >= 15 is 0 Å². The van der Waals surface area contributed by atoms with Crippen LogP contribution >= 0.6 is 0 Å². The zero-order valence-corrected chi connectivity index (χ0v) is 15.3. The molecule has 3 aromatic rings. The topological polar surface area (TPSA) is 15.3 Å². The predicted molar refractivity (Wildman–Crippen MR) is 109 cm³/mol. The molecule has 1 aliphatic heterocycles. The zero-order valence-electron chi connectivity index (χ0n) is 15.3. The normalized spacial score (nSPS) is 20.8. The van der Waals surface area contributed by atoms with Crippen molar-refractivity contribution in [3.05, 3.63) is 96.1 Å². The first-order valence-electron chi connectivity index (χ1n) is 9.45. The van der Waals surface area contributed by atoms with Gasteiger partial charge in [0, 0.05) is 31.7 Å². The third-order valence-electron chi connectivity index (χ3n) is 5.13. The van der Waals surface area contributed by atoms with Gasteiger partial charge >= 0.3 is 0 Å². The van der Waals surface area contributed by atoms with Crippen molar-refractivity contribution < 1.29 is 0 Å². The summed E-state index contributed by atoms with van der Waals surface area (Å²) in [5.74, 6) is 0. The molecule has 1 saturated heterocycles. The Kier molecular flexibility index (Phi) is 5.14. The van der Waals surface area contributed by atoms with Crippen molar-refractivity contribution in [3.8, 4) is 11.1 Å². The van der Waals surface area contributed by atoms with Gasteiger partial charge in [0.25, 0.3) is 0 Å². The first-order chi connectivity index (χ1) is 12.8. The highest BCUT2D eigenvalue weighted by Crippen LogP contribution is 2.25. The lowest BCUT2D eigenvalue weighted by atomic mass is 9.98. The zero-order chi connectivity index (χ0) is 17.8. The Morgan fingerprint density at radius 1 is 0.769 bits per heavy atom. The molecular formula is C24H26N2. The fourth-order valence-electron chi connectivity index (χ4n) is 3.88. The third-order valence-corrected chi connectivity index (χ3v) is 5.13. The maximum absolute atomic E-state index is 3.77. The number of hydrogen-bond donors (Lipinski definition) is 1. The molecule has 0 spiro atoms. The maximum atomic E-state index is 3.77. The molecule has 1 heterocycles. The number of rotatable bonds is 4. The molecule has 2 heteroatoms. The first kappa shape index (κ1) is 17.0. The van der Waals surface area contributed by atoms with Gasteiger partial charge < -0.3 is 5.32 Å². The van der Waals surface area contributed by atoms with Gasteiger partial charge in [-0.2, -0.15) is 0 Å². The van der Waals surface area contributed by atoms with Gasteiger partial charge in [0.05, 0.1) is 0 Å². The Hall–Kier alpha value is -2.42. The van der Waals surface area contributed by atoms with Crippen LogP contribution in [-0.2, 0) is 6.54 Å². The summed E-state index contributed by atoms with van der Waals surface area (Å²) >= 11 is 0. The van der Waals surface area contributed by atoms with E-state index in [0.29, 0.717) is 12.1 Å². The minimum absolute atomic E-state index is 0.382. The van der Waals surface area contributed by atoms with Crippen molar-refractivity contribution in [2.24, 2.45) is 0 Å². The molecule has 2 nitrogen and oxygen atoms in total. The SMILES string of the molecule is CC1CN(Cc2ccccc2)CC(c2ccc(-c3ccccc3)cc2)N1. The summed E-state index contributed by atoms with van der Waals surface area (Å²) in [6, 6.07) is 31.3. The van der Waals surface area contributed by atoms with Gasteiger partial charge in [0.1, 0.15) is 0 Å². The van der Waals surface area contributed by atoms with E-state index in [1.807, 2.05) is 0 Å². The van der Waals surface area contributed by atoms with E-state index in [0.717, 1.165) is 19.6 Å². The van der Waals surface area contributed by atoms with Crippen LogP contribution in [0, 0.1) is 0 Å². The van der Waals surface area contributed by atoms with Crippen molar-refractivity contribution in [2.75, 3.05) is 13.1 Å². The number of nitrogens with zero attached hydrogens (tertiary/aromatic N) is 1. The highest BCUT2D eigenvalue weighted by Gasteiger charge is 2.25. The quantitative estimate of drug-likeness (QED) is 0.726. The van der Waals surface area contributed by atoms with Gasteiger partial charge in [0.15, 0.2) is 0 Å². The van der Waals surface area contributed by atoms with E-state index in [4.69, 9.17) is 0 Å². The summed E-state index contributed by atoms with van der Waals surface area (Å²) in [5, 5.41) is 3.77. The lowest BCUT2D eigenvalue weighted by molar-refractivity contribution is 0.160. The largest absolute Gasteiger partial charge is 0.305 e. The van der Waals surface area contributed by atoms with Crippen molar-refractivity contribution in [1.82, 2.24) is 10.2 Å². The molecule has 0 radical (unpaired) electrons. The first-order valence-corrected chi connectivity index (χ1v) is 9.45. The standard InChI is InChI=1S/C24H26N2/c1-19-16-26(17-20-8-4-2-5-9-20)18-24(25-19)23-14-12-22(13-15-23)21-10-6-3-7-11-21/h2-15,19,24-25H,16-18H2,1H3. The minimum Gasteiger partial charge on any atom is -0.305 e. The smallest absolute Gasteiger partial charge is 0.0451 e. The summed E-state index contributed by atoms with van der Waals surface area (Å²) in [7, 11) is 0. The van der Waals surface area contributed by atoms with E-state index in [2.05, 4.69) is 102 Å². The fraction of sp³-hybridized carbons (Fsp3) is 0.250. The van der Waals surface area contributed by atoms with Gasteiger partial charge in [-0.15, -0.1) is 0 Å². The van der Waals surface area contributed by atoms with Gasteiger partial charge in [-0.1, -0.05) is 84.9 Å². The second-order valence-corrected chi connectivity index (χ2v) is 7.29. The van der Waals surface area contributed by atoms with E-state index in [-0.39, 0.29) is 0 Å². The monoisotopic (exact) mass is 342 g/mol. The van der Waals surface area contributed by atoms with Gasteiger partial charge in [-0.25, -0.2) is 0 Å². The van der Waals surface area contributed by atoms with Crippen LogP contribution in [0.3, 0.4) is 0 Å². The predicted octanol–water partition coefficient (Wildman–Crippen LogP) is 4.89. The number of benzene rings is 3. The van der Waals surface area contributed by atoms with Gasteiger partial charge in [-0.3, -0.25) is 4.90 Å². The lowest BCUT2D eigenvalue weighted by Gasteiger charge is -2.38. The summed E-state index contributed by atoms with van der Waals surface area (Å²) in [5.41, 5.74) is 5.31. The molecule has 1 aliphatic rings. The molecule has 2 unspecified atom stereocenters. The Labute approximate surface area is 156 Å². The van der Waals surface area contributed by atoms with Crippen LogP contribution in [0.25, 0.3) is 11.1 Å². The molecule has 1 fully saturated rings. The Morgan fingerprint density at radius 3 is 2.08 bits per heavy atom. The Balaban J connectivity index is 1.48. The molecule has 0 amide bonds. The average Bonchev–Trinajstić information content (AvgIpc) is 2.69. The summed E-state index contributed by atoms with van der Waals surface area (Å²) in [4.78, 5) is 2.56. The fourth-order valence-corrected chi connectivity index (χ4v) is 3.88. The number of hydrogen-bond acceptors (Lipinski definition) is 2. The second kappa shape index (κ2) is 7.86. The molecule has 0 bridgehead atoms. The molecule has 26 heavy (non-hydrogen) atoms. The van der Waals surface area contributed by atoms with Crippen LogP contribution in [0.1, 0.15) is 24.1 Å². The second-order valence-electron chi connectivity index (χ2n) is 7.29. The van der Waals surface area contributed by atoms with Crippen molar-refractivity contribution in [2.45, 2.75) is 25.6 Å². The summed E-state index contributed by atoms with van der Waals surface area (Å²) in [6.07, 6.45) is 0. The van der Waals surface area contributed by atoms with Crippen molar-refractivity contribution >= 4 is 0 Å². The molecule has 0 aromatic heterocycles. The summed E-state index contributed by atoms with van der Waals surface area (Å²) in [6.45, 7) is 5.44. The molecule has 3 aromatic carbocycles. The van der Waals surface area contributed by atoms with Gasteiger partial charge in [0.2, 0.25) is 0 Å². The molecule has 0 aliphatic carbocycles. The average molecular weight is 342 g/mol. The maximum Gasteiger partial charge on any atom is 0.0451 e. The van der Waals surface area contributed by atoms with Crippen molar-refractivity contribution in [3.63, 3.8) is 0 Å². The highest BCUT2D eigenvalue weighted by molar-refractivity contribution is 5.63. The van der Waals surface area contributed by atoms with Crippen LogP contribution in [0.4, 0.5) is 0 Å². The number of piperazine rings is 1. The van der Waals surface area contributed by atoms with E-state index in [9.17, 15) is 0 Å². The van der Waals surface area contributed by atoms with E-state index in [1.165, 1.54) is 22.3 Å². The van der Waals surface area contributed by atoms with E-state index in [1.54, 1.807) is 0 Å². The highest BCUT2D eigenvalue weighted by atomic mass is 15.2. The molecular weight excluding hydrogens is 316 g/mol. The molecule has 0 saturated carbocycles. The van der Waals surface area contributed by atoms with Crippen LogP contribution in [-0.4, -0.2) is 24.0 Å². The minimum atomic E-state index is 0.382. The van der Waals surface area contributed by atoms with Crippen LogP contribution in [0.5, 0.6) is 0 Å². The number of nitrogens with one attached hydrogen (secondary N) is 1. The molecule has 2 atom stereocenters. The molecule has 132 valence electrons. The molecule has 1 N–H and O–H groups in total. The Bertz CT molecular complexity index is 812. The van der Waals surface area contributed by atoms with Crippen molar-refractivity contribution in [1.29, 1.82) is 0 Å². The third kappa shape index (κ3) is 4.04. The lowest BCUT2D eigenvalue weighted by Crippen LogP contribution is -2.50. The Morgan fingerprint density at radius 2 is 1.38 bits per heavy atom. The molecule has 4 rings (SSSR count).